The Morgan fingerprint density at radius 2 is 2.09 bits per heavy atom. The van der Waals surface area contributed by atoms with Gasteiger partial charge in [0.15, 0.2) is 0 Å². The number of thiazole rings is 1. The first-order chi connectivity index (χ1) is 10.2. The fraction of sp³-hybridized carbons (Fsp3) is 0.750. The highest BCUT2D eigenvalue weighted by atomic mass is 32.1. The van der Waals surface area contributed by atoms with Crippen LogP contribution in [0.3, 0.4) is 0 Å². The van der Waals surface area contributed by atoms with Crippen molar-refractivity contribution in [1.82, 2.24) is 15.2 Å². The Hall–Kier alpha value is -1.14. The van der Waals surface area contributed by atoms with Crippen molar-refractivity contribution >= 4 is 17.4 Å². The van der Waals surface area contributed by atoms with Gasteiger partial charge in [-0.2, -0.15) is 0 Å². The number of hydrogen-bond donors (Lipinski definition) is 2. The lowest BCUT2D eigenvalue weighted by atomic mass is 9.89. The maximum absolute atomic E-state index is 12.2. The summed E-state index contributed by atoms with van der Waals surface area (Å²) in [5, 5.41) is 13.2. The first-order valence-corrected chi connectivity index (χ1v) is 8.55. The number of carbonyl (C=O) groups excluding carboxylic acids is 1. The predicted molar refractivity (Wildman–Crippen MR) is 91.3 cm³/mol. The van der Waals surface area contributed by atoms with Crippen LogP contribution < -0.4 is 5.32 Å². The summed E-state index contributed by atoms with van der Waals surface area (Å²) < 4.78 is 0. The monoisotopic (exact) mass is 327 g/mol. The first kappa shape index (κ1) is 18.9. The molecule has 1 unspecified atom stereocenters. The van der Waals surface area contributed by atoms with E-state index < -0.39 is 0 Å². The van der Waals surface area contributed by atoms with Crippen LogP contribution in [0.2, 0.25) is 0 Å². The largest absolute Gasteiger partial charge is 0.396 e. The van der Waals surface area contributed by atoms with Crippen LogP contribution in [0.5, 0.6) is 0 Å². The second-order valence-electron chi connectivity index (χ2n) is 6.63. The zero-order valence-electron chi connectivity index (χ0n) is 14.6. The molecule has 126 valence electrons. The minimum atomic E-state index is -0.0821. The molecule has 0 bridgehead atoms. The van der Waals surface area contributed by atoms with Crippen LogP contribution in [0.1, 0.15) is 55.2 Å². The van der Waals surface area contributed by atoms with Crippen LogP contribution in [0.15, 0.2) is 0 Å². The van der Waals surface area contributed by atoms with Crippen molar-refractivity contribution in [3.63, 3.8) is 0 Å². The van der Waals surface area contributed by atoms with E-state index in [1.54, 1.807) is 16.2 Å². The van der Waals surface area contributed by atoms with Gasteiger partial charge in [0.2, 0.25) is 0 Å². The highest BCUT2D eigenvalue weighted by Crippen LogP contribution is 2.28. The third-order valence-corrected chi connectivity index (χ3v) is 5.20. The molecule has 1 aromatic heterocycles. The number of aromatic nitrogens is 1. The van der Waals surface area contributed by atoms with Gasteiger partial charge in [-0.05, 0) is 39.0 Å². The minimum Gasteiger partial charge on any atom is -0.396 e. The van der Waals surface area contributed by atoms with E-state index in [9.17, 15) is 9.90 Å². The molecule has 0 aliphatic carbocycles. The van der Waals surface area contributed by atoms with Gasteiger partial charge in [0.1, 0.15) is 0 Å². The molecule has 22 heavy (non-hydrogen) atoms. The number of urea groups is 1. The van der Waals surface area contributed by atoms with Crippen molar-refractivity contribution in [3.8, 4) is 0 Å². The maximum atomic E-state index is 12.2. The van der Waals surface area contributed by atoms with Crippen LogP contribution in [0.25, 0.3) is 0 Å². The summed E-state index contributed by atoms with van der Waals surface area (Å²) in [5.41, 5.74) is 0.917. The van der Waals surface area contributed by atoms with Crippen molar-refractivity contribution in [2.75, 3.05) is 20.2 Å². The number of aliphatic hydroxyl groups is 1. The number of carbonyl (C=O) groups is 1. The van der Waals surface area contributed by atoms with Crippen molar-refractivity contribution < 1.29 is 9.90 Å². The maximum Gasteiger partial charge on any atom is 0.317 e. The minimum absolute atomic E-state index is 0.0140. The summed E-state index contributed by atoms with van der Waals surface area (Å²) in [6.07, 6.45) is 1.75. The number of aryl methyl sites for hydroxylation is 2. The van der Waals surface area contributed by atoms with Gasteiger partial charge in [-0.25, -0.2) is 9.78 Å². The Morgan fingerprint density at radius 3 is 2.59 bits per heavy atom. The number of hydrogen-bond acceptors (Lipinski definition) is 4. The van der Waals surface area contributed by atoms with Crippen LogP contribution in [0.4, 0.5) is 4.79 Å². The van der Waals surface area contributed by atoms with Gasteiger partial charge >= 0.3 is 6.03 Å². The van der Waals surface area contributed by atoms with Gasteiger partial charge in [0.25, 0.3) is 0 Å². The molecule has 0 saturated carbocycles. The smallest absolute Gasteiger partial charge is 0.317 e. The molecule has 2 N–H and O–H groups in total. The van der Waals surface area contributed by atoms with Crippen LogP contribution >= 0.6 is 11.3 Å². The van der Waals surface area contributed by atoms with Crippen molar-refractivity contribution in [2.45, 2.75) is 53.5 Å². The second-order valence-corrected chi connectivity index (χ2v) is 7.86. The molecule has 1 rings (SSSR count). The average Bonchev–Trinajstić information content (AvgIpc) is 2.80. The lowest BCUT2D eigenvalue weighted by molar-refractivity contribution is 0.147. The van der Waals surface area contributed by atoms with Gasteiger partial charge in [-0.3, -0.25) is 0 Å². The van der Waals surface area contributed by atoms with Crippen LogP contribution in [-0.2, 0) is 0 Å². The highest BCUT2D eigenvalue weighted by Gasteiger charge is 2.21. The highest BCUT2D eigenvalue weighted by molar-refractivity contribution is 7.11. The standard InChI is InChI=1S/C16H29N3O2S/c1-11-14(22-13(3)18-11)12(2)19(6)15(21)17-9-7-8-16(4,5)10-20/h12,20H,7-10H2,1-6H3,(H,17,21). The Morgan fingerprint density at radius 1 is 1.45 bits per heavy atom. The summed E-state index contributed by atoms with van der Waals surface area (Å²) in [7, 11) is 1.81. The van der Waals surface area contributed by atoms with E-state index in [0.29, 0.717) is 6.54 Å². The SMILES string of the molecule is Cc1nc(C)c(C(C)N(C)C(=O)NCCCC(C)(C)CO)s1. The van der Waals surface area contributed by atoms with E-state index in [0.717, 1.165) is 28.4 Å². The molecule has 6 heteroatoms. The molecule has 0 aliphatic rings. The molecule has 0 aromatic carbocycles. The van der Waals surface area contributed by atoms with E-state index in [1.165, 1.54) is 0 Å². The topological polar surface area (TPSA) is 65.5 Å². The molecule has 5 nitrogen and oxygen atoms in total. The Bertz CT molecular complexity index is 500. The van der Waals surface area contributed by atoms with Gasteiger partial charge in [-0.15, -0.1) is 11.3 Å². The third-order valence-electron chi connectivity index (χ3n) is 3.95. The number of nitrogens with zero attached hydrogens (tertiary/aromatic N) is 2. The molecule has 2 amide bonds. The number of nitrogens with one attached hydrogen (secondary N) is 1. The molecule has 1 atom stereocenters. The van der Waals surface area contributed by atoms with E-state index in [-0.39, 0.29) is 24.1 Å². The van der Waals surface area contributed by atoms with Crippen molar-refractivity contribution in [1.29, 1.82) is 0 Å². The van der Waals surface area contributed by atoms with Gasteiger partial charge in [0.05, 0.1) is 16.7 Å². The molecular formula is C16H29N3O2S. The van der Waals surface area contributed by atoms with E-state index in [4.69, 9.17) is 0 Å². The molecule has 0 saturated heterocycles. The average molecular weight is 327 g/mol. The lowest BCUT2D eigenvalue weighted by Gasteiger charge is -2.25. The van der Waals surface area contributed by atoms with Gasteiger partial charge in [0, 0.05) is 25.1 Å². The molecular weight excluding hydrogens is 298 g/mol. The molecule has 0 fully saturated rings. The summed E-state index contributed by atoms with van der Waals surface area (Å²) in [6, 6.07) is -0.0557. The molecule has 0 radical (unpaired) electrons. The molecule has 0 spiro atoms. The van der Waals surface area contributed by atoms with Crippen LogP contribution in [-0.4, -0.2) is 41.2 Å². The van der Waals surface area contributed by atoms with Gasteiger partial charge < -0.3 is 15.3 Å². The second kappa shape index (κ2) is 7.92. The number of amides is 2. The number of rotatable bonds is 7. The quantitative estimate of drug-likeness (QED) is 0.756. The Labute approximate surface area is 137 Å². The fourth-order valence-electron chi connectivity index (χ4n) is 2.25. The summed E-state index contributed by atoms with van der Waals surface area (Å²) in [6.45, 7) is 10.8. The van der Waals surface area contributed by atoms with E-state index in [2.05, 4.69) is 10.3 Å². The van der Waals surface area contributed by atoms with Crippen molar-refractivity contribution in [3.05, 3.63) is 15.6 Å². The molecule has 1 aromatic rings. The van der Waals surface area contributed by atoms with E-state index in [1.807, 2.05) is 41.7 Å². The third kappa shape index (κ3) is 5.25. The fourth-order valence-corrected chi connectivity index (χ4v) is 3.28. The van der Waals surface area contributed by atoms with E-state index >= 15 is 0 Å². The number of aliphatic hydroxyl groups excluding tert-OH is 1. The molecule has 1 heterocycles. The predicted octanol–water partition coefficient (Wildman–Crippen LogP) is 3.26. The zero-order chi connectivity index (χ0) is 16.9. The first-order valence-electron chi connectivity index (χ1n) is 7.73. The normalized spacial score (nSPS) is 13.0. The lowest BCUT2D eigenvalue weighted by Crippen LogP contribution is -2.39. The summed E-state index contributed by atoms with van der Waals surface area (Å²) in [5.74, 6) is 0. The summed E-state index contributed by atoms with van der Waals surface area (Å²) in [4.78, 5) is 19.5. The zero-order valence-corrected chi connectivity index (χ0v) is 15.4. The Balaban J connectivity index is 2.46. The van der Waals surface area contributed by atoms with Gasteiger partial charge in [-0.1, -0.05) is 13.8 Å². The Kier molecular flexibility index (Phi) is 6.81. The van der Waals surface area contributed by atoms with Crippen LogP contribution in [0, 0.1) is 19.3 Å². The van der Waals surface area contributed by atoms with Crippen molar-refractivity contribution in [2.24, 2.45) is 5.41 Å². The molecule has 0 aliphatic heterocycles. The summed E-state index contributed by atoms with van der Waals surface area (Å²) >= 11 is 1.64.